The van der Waals surface area contributed by atoms with Crippen molar-refractivity contribution in [2.45, 2.75) is 46.3 Å². The summed E-state index contributed by atoms with van der Waals surface area (Å²) >= 11 is 0. The van der Waals surface area contributed by atoms with Crippen LogP contribution in [0.3, 0.4) is 0 Å². The predicted octanol–water partition coefficient (Wildman–Crippen LogP) is 2.21. The van der Waals surface area contributed by atoms with Crippen LogP contribution >= 0.6 is 0 Å². The number of aryl methyl sites for hydroxylation is 2. The Morgan fingerprint density at radius 3 is 2.28 bits per heavy atom. The molecular weight excluding hydrogens is 406 g/mol. The molecule has 4 rings (SSSR count). The number of carbonyl (C=O) groups excluding carboxylic acids is 2. The van der Waals surface area contributed by atoms with E-state index in [1.165, 1.54) is 10.5 Å². The van der Waals surface area contributed by atoms with Crippen molar-refractivity contribution in [1.82, 2.24) is 14.7 Å². The van der Waals surface area contributed by atoms with Crippen LogP contribution in [0, 0.1) is 13.8 Å². The monoisotopic (exact) mass is 441 g/mol. The number of imide groups is 1. The Labute approximate surface area is 190 Å². The Hall–Kier alpha value is -2.22. The van der Waals surface area contributed by atoms with Gasteiger partial charge in [-0.05, 0) is 50.8 Å². The van der Waals surface area contributed by atoms with E-state index < -0.39 is 0 Å². The van der Waals surface area contributed by atoms with Crippen molar-refractivity contribution in [3.05, 3.63) is 40.6 Å². The number of nitrogens with zero attached hydrogens (tertiary/aromatic N) is 3. The molecule has 7 heteroatoms. The van der Waals surface area contributed by atoms with Crippen molar-refractivity contribution >= 4 is 17.4 Å². The van der Waals surface area contributed by atoms with Gasteiger partial charge in [0.05, 0.1) is 31.0 Å². The molecule has 0 aliphatic carbocycles. The van der Waals surface area contributed by atoms with E-state index in [1.54, 1.807) is 0 Å². The van der Waals surface area contributed by atoms with Crippen LogP contribution in [0.5, 0.6) is 0 Å². The minimum absolute atomic E-state index is 0.00512. The number of ether oxygens (including phenoxy) is 2. The minimum Gasteiger partial charge on any atom is -0.379 e. The quantitative estimate of drug-likeness (QED) is 0.631. The average Bonchev–Trinajstić information content (AvgIpc) is 3.00. The molecule has 32 heavy (non-hydrogen) atoms. The first-order valence-corrected chi connectivity index (χ1v) is 11.7. The third-order valence-corrected chi connectivity index (χ3v) is 6.63. The number of rotatable bonds is 6. The van der Waals surface area contributed by atoms with Crippen LogP contribution in [-0.2, 0) is 19.1 Å². The molecule has 1 aromatic rings. The largest absolute Gasteiger partial charge is 0.379 e. The lowest BCUT2D eigenvalue weighted by Crippen LogP contribution is -2.47. The van der Waals surface area contributed by atoms with E-state index >= 15 is 0 Å². The van der Waals surface area contributed by atoms with Crippen LogP contribution in [0.4, 0.5) is 0 Å². The van der Waals surface area contributed by atoms with Gasteiger partial charge >= 0.3 is 0 Å². The summed E-state index contributed by atoms with van der Waals surface area (Å²) in [5.41, 5.74) is 4.18. The lowest BCUT2D eigenvalue weighted by atomic mass is 9.99. The van der Waals surface area contributed by atoms with Gasteiger partial charge in [-0.25, -0.2) is 0 Å². The molecule has 2 saturated heterocycles. The van der Waals surface area contributed by atoms with Crippen LogP contribution in [0.2, 0.25) is 0 Å². The number of hydrogen-bond donors (Lipinski definition) is 0. The fraction of sp³-hybridized carbons (Fsp3) is 0.600. The van der Waals surface area contributed by atoms with Gasteiger partial charge in [0.1, 0.15) is 5.70 Å². The smallest absolute Gasteiger partial charge is 0.277 e. The fourth-order valence-electron chi connectivity index (χ4n) is 4.85. The summed E-state index contributed by atoms with van der Waals surface area (Å²) in [6.45, 7) is 13.9. The van der Waals surface area contributed by atoms with Gasteiger partial charge in [-0.1, -0.05) is 18.2 Å². The van der Waals surface area contributed by atoms with Crippen molar-refractivity contribution in [2.75, 3.05) is 52.5 Å². The van der Waals surface area contributed by atoms with Crippen molar-refractivity contribution in [1.29, 1.82) is 0 Å². The molecule has 0 radical (unpaired) electrons. The van der Waals surface area contributed by atoms with Crippen molar-refractivity contribution in [2.24, 2.45) is 0 Å². The first kappa shape index (κ1) is 23.0. The van der Waals surface area contributed by atoms with E-state index in [4.69, 9.17) is 9.47 Å². The topological polar surface area (TPSA) is 62.3 Å². The summed E-state index contributed by atoms with van der Waals surface area (Å²) in [4.78, 5) is 33.0. The SMILES string of the molecule is Cc1ccc(C2=C(N3CC(C)OC(C)C3)C(=O)N(CCCN3CCOCC3)C2=O)cc1C. The number of carbonyl (C=O) groups is 2. The zero-order valence-corrected chi connectivity index (χ0v) is 19.7. The lowest BCUT2D eigenvalue weighted by molar-refractivity contribution is -0.138. The Kier molecular flexibility index (Phi) is 6.98. The van der Waals surface area contributed by atoms with Crippen LogP contribution in [0.15, 0.2) is 23.9 Å². The Morgan fingerprint density at radius 1 is 0.938 bits per heavy atom. The van der Waals surface area contributed by atoms with Gasteiger partial charge in [0.25, 0.3) is 11.8 Å². The molecule has 0 N–H and O–H groups in total. The molecule has 3 aliphatic heterocycles. The van der Waals surface area contributed by atoms with E-state index in [2.05, 4.69) is 16.7 Å². The summed E-state index contributed by atoms with van der Waals surface area (Å²) in [6.07, 6.45) is 0.775. The second-order valence-electron chi connectivity index (χ2n) is 9.25. The van der Waals surface area contributed by atoms with Gasteiger partial charge in [-0.3, -0.25) is 19.4 Å². The molecule has 2 unspecified atom stereocenters. The molecule has 0 saturated carbocycles. The number of morpholine rings is 2. The highest BCUT2D eigenvalue weighted by Gasteiger charge is 2.42. The minimum atomic E-state index is -0.179. The van der Waals surface area contributed by atoms with Crippen LogP contribution < -0.4 is 0 Å². The van der Waals surface area contributed by atoms with Gasteiger partial charge in [0.15, 0.2) is 0 Å². The van der Waals surface area contributed by atoms with Crippen LogP contribution in [-0.4, -0.2) is 91.2 Å². The number of hydrogen-bond acceptors (Lipinski definition) is 6. The molecule has 1 aromatic carbocycles. The summed E-state index contributed by atoms with van der Waals surface area (Å²) < 4.78 is 11.3. The van der Waals surface area contributed by atoms with Crippen LogP contribution in [0.25, 0.3) is 5.57 Å². The molecular formula is C25H35N3O4. The van der Waals surface area contributed by atoms with E-state index in [1.807, 2.05) is 39.0 Å². The highest BCUT2D eigenvalue weighted by molar-refractivity contribution is 6.35. The maximum atomic E-state index is 13.6. The van der Waals surface area contributed by atoms with Gasteiger partial charge in [-0.2, -0.15) is 0 Å². The van der Waals surface area contributed by atoms with E-state index in [9.17, 15) is 9.59 Å². The maximum absolute atomic E-state index is 13.6. The Morgan fingerprint density at radius 2 is 1.62 bits per heavy atom. The predicted molar refractivity (Wildman–Crippen MR) is 123 cm³/mol. The first-order chi connectivity index (χ1) is 15.3. The molecule has 0 bridgehead atoms. The third-order valence-electron chi connectivity index (χ3n) is 6.63. The second-order valence-corrected chi connectivity index (χ2v) is 9.25. The highest BCUT2D eigenvalue weighted by atomic mass is 16.5. The normalized spacial score (nSPS) is 25.2. The van der Waals surface area contributed by atoms with Crippen molar-refractivity contribution < 1.29 is 19.1 Å². The van der Waals surface area contributed by atoms with E-state index in [-0.39, 0.29) is 24.0 Å². The zero-order chi connectivity index (χ0) is 22.8. The number of benzene rings is 1. The van der Waals surface area contributed by atoms with Crippen molar-refractivity contribution in [3.8, 4) is 0 Å². The Balaban J connectivity index is 1.59. The Bertz CT molecular complexity index is 896. The van der Waals surface area contributed by atoms with E-state index in [0.29, 0.717) is 30.9 Å². The maximum Gasteiger partial charge on any atom is 0.277 e. The molecule has 7 nitrogen and oxygen atoms in total. The van der Waals surface area contributed by atoms with Gasteiger partial charge in [0, 0.05) is 39.3 Å². The number of amides is 2. The van der Waals surface area contributed by atoms with Crippen molar-refractivity contribution in [3.63, 3.8) is 0 Å². The second kappa shape index (κ2) is 9.73. The first-order valence-electron chi connectivity index (χ1n) is 11.7. The van der Waals surface area contributed by atoms with Gasteiger partial charge in [-0.15, -0.1) is 0 Å². The molecule has 0 aromatic heterocycles. The summed E-state index contributed by atoms with van der Waals surface area (Å²) in [5, 5.41) is 0. The molecule has 2 fully saturated rings. The van der Waals surface area contributed by atoms with Crippen LogP contribution in [0.1, 0.15) is 37.0 Å². The summed E-state index contributed by atoms with van der Waals surface area (Å²) in [7, 11) is 0. The summed E-state index contributed by atoms with van der Waals surface area (Å²) in [6, 6.07) is 6.02. The zero-order valence-electron chi connectivity index (χ0n) is 19.7. The third kappa shape index (κ3) is 4.75. The highest BCUT2D eigenvalue weighted by Crippen LogP contribution is 2.34. The van der Waals surface area contributed by atoms with E-state index in [0.717, 1.165) is 50.4 Å². The summed E-state index contributed by atoms with van der Waals surface area (Å²) in [5.74, 6) is -0.353. The standard InChI is InChI=1S/C25H35N3O4/c1-17-6-7-21(14-18(17)2)22-23(27-15-19(3)32-20(4)16-27)25(30)28(24(22)29)9-5-8-26-10-12-31-13-11-26/h6-7,14,19-20H,5,8-13,15-16H2,1-4H3. The molecule has 2 amide bonds. The average molecular weight is 442 g/mol. The molecule has 3 heterocycles. The van der Waals surface area contributed by atoms with Gasteiger partial charge in [0.2, 0.25) is 0 Å². The molecule has 2 atom stereocenters. The van der Waals surface area contributed by atoms with Gasteiger partial charge < -0.3 is 14.4 Å². The molecule has 3 aliphatic rings. The molecule has 174 valence electrons. The fourth-order valence-corrected chi connectivity index (χ4v) is 4.85. The lowest BCUT2D eigenvalue weighted by Gasteiger charge is -2.37. The molecule has 0 spiro atoms.